The molecule has 2 aromatic carbocycles. The fourth-order valence-electron chi connectivity index (χ4n) is 2.31. The lowest BCUT2D eigenvalue weighted by atomic mass is 10.1. The van der Waals surface area contributed by atoms with Gasteiger partial charge < -0.3 is 14.5 Å². The molecule has 1 heterocycles. The first-order valence-electron chi connectivity index (χ1n) is 7.89. The van der Waals surface area contributed by atoms with E-state index in [9.17, 15) is 14.9 Å². The Balaban J connectivity index is 1.56. The van der Waals surface area contributed by atoms with E-state index >= 15 is 0 Å². The largest absolute Gasteiger partial charge is 0.445 e. The van der Waals surface area contributed by atoms with Gasteiger partial charge in [0.05, 0.1) is 12.6 Å². The van der Waals surface area contributed by atoms with E-state index in [0.717, 1.165) is 5.56 Å². The predicted molar refractivity (Wildman–Crippen MR) is 92.0 cm³/mol. The third-order valence-corrected chi connectivity index (χ3v) is 3.63. The van der Waals surface area contributed by atoms with Crippen LogP contribution in [0.2, 0.25) is 0 Å². The monoisotopic (exact) mass is 349 g/mol. The highest BCUT2D eigenvalue weighted by Crippen LogP contribution is 2.21. The summed E-state index contributed by atoms with van der Waals surface area (Å²) in [7, 11) is 0. The summed E-state index contributed by atoms with van der Waals surface area (Å²) in [6.45, 7) is -0.266. The summed E-state index contributed by atoms with van der Waals surface area (Å²) in [5.41, 5.74) is 1.88. The number of hydrogen-bond donors (Lipinski definition) is 1. The first kappa shape index (κ1) is 17.2. The molecule has 1 amide bonds. The smallest absolute Gasteiger partial charge is 0.407 e. The topological polar surface area (TPSA) is 105 Å². The first-order valence-corrected chi connectivity index (χ1v) is 7.89. The van der Waals surface area contributed by atoms with Crippen LogP contribution in [0.1, 0.15) is 17.4 Å². The van der Waals surface area contributed by atoms with Crippen molar-refractivity contribution in [3.63, 3.8) is 0 Å². The maximum Gasteiger partial charge on any atom is 0.407 e. The summed E-state index contributed by atoms with van der Waals surface area (Å²) >= 11 is 0. The van der Waals surface area contributed by atoms with E-state index in [4.69, 9.17) is 9.15 Å². The summed E-state index contributed by atoms with van der Waals surface area (Å²) in [6, 6.07) is 18.0. The molecular weight excluding hydrogens is 334 g/mol. The van der Waals surface area contributed by atoms with E-state index in [-0.39, 0.29) is 19.0 Å². The molecular formula is C19H15N3O4. The van der Waals surface area contributed by atoms with Crippen molar-refractivity contribution >= 4 is 23.0 Å². The van der Waals surface area contributed by atoms with E-state index in [0.29, 0.717) is 11.1 Å². The number of alkyl carbamates (subject to hydrolysis) is 1. The van der Waals surface area contributed by atoms with Gasteiger partial charge in [0.15, 0.2) is 17.3 Å². The predicted octanol–water partition coefficient (Wildman–Crippen LogP) is 2.93. The molecule has 1 aromatic heterocycles. The average Bonchev–Trinajstić information content (AvgIpc) is 3.09. The number of nitrogens with one attached hydrogen (secondary N) is 1. The Labute approximate surface area is 149 Å². The standard InChI is InChI=1S/C19H15N3O4/c20-10-14(18-22-15-8-4-5-9-17(15)26-18)16(23)11-21-19(24)25-12-13-6-2-1-3-7-13/h1-9,14H,11-12H2,(H,21,24). The maximum absolute atomic E-state index is 12.2. The Kier molecular flexibility index (Phi) is 5.25. The Hall–Kier alpha value is -3.66. The van der Waals surface area contributed by atoms with E-state index in [2.05, 4.69) is 10.3 Å². The number of oxazole rings is 1. The molecule has 0 fully saturated rings. The zero-order valence-corrected chi connectivity index (χ0v) is 13.7. The Morgan fingerprint density at radius 3 is 2.62 bits per heavy atom. The maximum atomic E-state index is 12.2. The van der Waals surface area contributed by atoms with Crippen LogP contribution in [0.5, 0.6) is 0 Å². The van der Waals surface area contributed by atoms with Gasteiger partial charge in [-0.1, -0.05) is 42.5 Å². The number of rotatable bonds is 6. The van der Waals surface area contributed by atoms with Gasteiger partial charge in [-0.05, 0) is 17.7 Å². The molecule has 1 N–H and O–H groups in total. The molecule has 1 unspecified atom stereocenters. The van der Waals surface area contributed by atoms with Crippen molar-refractivity contribution in [1.82, 2.24) is 10.3 Å². The normalized spacial score (nSPS) is 11.5. The molecule has 0 radical (unpaired) electrons. The third-order valence-electron chi connectivity index (χ3n) is 3.63. The van der Waals surface area contributed by atoms with Gasteiger partial charge in [0.1, 0.15) is 12.1 Å². The lowest BCUT2D eigenvalue weighted by Gasteiger charge is -2.08. The summed E-state index contributed by atoms with van der Waals surface area (Å²) < 4.78 is 10.5. The van der Waals surface area contributed by atoms with Gasteiger partial charge in [-0.2, -0.15) is 5.26 Å². The Bertz CT molecular complexity index is 927. The number of fused-ring (bicyclic) bond motifs is 1. The molecule has 0 bridgehead atoms. The van der Waals surface area contributed by atoms with Crippen molar-refractivity contribution in [2.75, 3.05) is 6.54 Å². The van der Waals surface area contributed by atoms with Gasteiger partial charge in [-0.25, -0.2) is 9.78 Å². The van der Waals surface area contributed by atoms with Crippen molar-refractivity contribution in [3.8, 4) is 6.07 Å². The summed E-state index contributed by atoms with van der Waals surface area (Å²) in [6.07, 6.45) is -0.739. The number of hydrogen-bond acceptors (Lipinski definition) is 6. The molecule has 3 rings (SSSR count). The van der Waals surface area contributed by atoms with Crippen molar-refractivity contribution in [2.24, 2.45) is 0 Å². The zero-order valence-electron chi connectivity index (χ0n) is 13.7. The van der Waals surface area contributed by atoms with Gasteiger partial charge in [0.25, 0.3) is 0 Å². The van der Waals surface area contributed by atoms with Gasteiger partial charge in [-0.15, -0.1) is 0 Å². The van der Waals surface area contributed by atoms with Crippen LogP contribution in [0, 0.1) is 11.3 Å². The minimum atomic E-state index is -1.20. The number of ether oxygens (including phenoxy) is 1. The molecule has 7 nitrogen and oxygen atoms in total. The average molecular weight is 349 g/mol. The number of amides is 1. The van der Waals surface area contributed by atoms with Crippen LogP contribution < -0.4 is 5.32 Å². The second-order valence-corrected chi connectivity index (χ2v) is 5.46. The molecule has 0 saturated carbocycles. The van der Waals surface area contributed by atoms with E-state index < -0.39 is 17.8 Å². The number of para-hydroxylation sites is 2. The minimum Gasteiger partial charge on any atom is -0.445 e. The second kappa shape index (κ2) is 7.94. The zero-order chi connectivity index (χ0) is 18.4. The van der Waals surface area contributed by atoms with Gasteiger partial charge in [0.2, 0.25) is 5.89 Å². The number of ketones is 1. The van der Waals surface area contributed by atoms with E-state index in [1.807, 2.05) is 36.4 Å². The Morgan fingerprint density at radius 2 is 1.88 bits per heavy atom. The van der Waals surface area contributed by atoms with Gasteiger partial charge in [0, 0.05) is 0 Å². The molecule has 0 spiro atoms. The number of benzene rings is 2. The quantitative estimate of drug-likeness (QED) is 0.733. The lowest BCUT2D eigenvalue weighted by Crippen LogP contribution is -2.32. The number of nitrogens with zero attached hydrogens (tertiary/aromatic N) is 2. The number of aromatic nitrogens is 1. The number of Topliss-reactive ketones (excluding diaryl/α,β-unsaturated/α-hetero) is 1. The third kappa shape index (κ3) is 4.05. The Morgan fingerprint density at radius 1 is 1.15 bits per heavy atom. The van der Waals surface area contributed by atoms with Crippen LogP contribution in [-0.4, -0.2) is 23.4 Å². The van der Waals surface area contributed by atoms with Crippen molar-refractivity contribution < 1.29 is 18.7 Å². The van der Waals surface area contributed by atoms with Crippen LogP contribution in [0.3, 0.4) is 0 Å². The highest BCUT2D eigenvalue weighted by atomic mass is 16.5. The number of carbonyl (C=O) groups is 2. The second-order valence-electron chi connectivity index (χ2n) is 5.46. The van der Waals surface area contributed by atoms with Crippen LogP contribution in [-0.2, 0) is 16.1 Å². The highest BCUT2D eigenvalue weighted by molar-refractivity contribution is 5.91. The molecule has 3 aromatic rings. The number of carbonyl (C=O) groups excluding carboxylic acids is 2. The fraction of sp³-hybridized carbons (Fsp3) is 0.158. The van der Waals surface area contributed by atoms with Crippen LogP contribution in [0.15, 0.2) is 59.0 Å². The van der Waals surface area contributed by atoms with Gasteiger partial charge >= 0.3 is 6.09 Å². The molecule has 0 saturated heterocycles. The summed E-state index contributed by atoms with van der Waals surface area (Å²) in [5.74, 6) is -1.72. The fourth-order valence-corrected chi connectivity index (χ4v) is 2.31. The summed E-state index contributed by atoms with van der Waals surface area (Å²) in [4.78, 5) is 28.1. The minimum absolute atomic E-state index is 0.0122. The molecule has 0 aliphatic carbocycles. The molecule has 26 heavy (non-hydrogen) atoms. The highest BCUT2D eigenvalue weighted by Gasteiger charge is 2.26. The van der Waals surface area contributed by atoms with Crippen LogP contribution in [0.25, 0.3) is 11.1 Å². The molecule has 7 heteroatoms. The lowest BCUT2D eigenvalue weighted by molar-refractivity contribution is -0.118. The van der Waals surface area contributed by atoms with E-state index in [1.165, 1.54) is 0 Å². The van der Waals surface area contributed by atoms with Crippen LogP contribution in [0.4, 0.5) is 4.79 Å². The molecule has 1 atom stereocenters. The molecule has 0 aliphatic rings. The van der Waals surface area contributed by atoms with Crippen molar-refractivity contribution in [2.45, 2.75) is 12.5 Å². The van der Waals surface area contributed by atoms with Crippen molar-refractivity contribution in [3.05, 3.63) is 66.1 Å². The molecule has 0 aliphatic heterocycles. The summed E-state index contributed by atoms with van der Waals surface area (Å²) in [5, 5.41) is 11.6. The van der Waals surface area contributed by atoms with E-state index in [1.54, 1.807) is 24.3 Å². The first-order chi connectivity index (χ1) is 12.7. The van der Waals surface area contributed by atoms with Crippen LogP contribution >= 0.6 is 0 Å². The molecule has 130 valence electrons. The SMILES string of the molecule is N#CC(C(=O)CNC(=O)OCc1ccccc1)c1nc2ccccc2o1. The van der Waals surface area contributed by atoms with Crippen molar-refractivity contribution in [1.29, 1.82) is 5.26 Å². The number of nitriles is 1. The van der Waals surface area contributed by atoms with Gasteiger partial charge in [-0.3, -0.25) is 4.79 Å².